The number of nitrogens with zero attached hydrogens (tertiary/aromatic N) is 1. The average molecular weight is 179 g/mol. The summed E-state index contributed by atoms with van der Waals surface area (Å²) in [6, 6.07) is 0. The van der Waals surface area contributed by atoms with Gasteiger partial charge in [-0.05, 0) is 17.1 Å². The van der Waals surface area contributed by atoms with E-state index in [1.54, 1.807) is 7.11 Å². The van der Waals surface area contributed by atoms with Crippen LogP contribution in [-0.4, -0.2) is 13.0 Å². The summed E-state index contributed by atoms with van der Waals surface area (Å²) in [6.07, 6.45) is 6.82. The van der Waals surface area contributed by atoms with Crippen molar-refractivity contribution in [2.45, 2.75) is 27.2 Å². The molecule has 0 spiro atoms. The topological polar surface area (TPSA) is 21.6 Å². The van der Waals surface area contributed by atoms with Crippen LogP contribution < -0.4 is 0 Å². The quantitative estimate of drug-likeness (QED) is 0.560. The van der Waals surface area contributed by atoms with Gasteiger partial charge in [0.2, 0.25) is 0 Å². The first kappa shape index (κ1) is 10.0. The Labute approximate surface area is 80.0 Å². The Morgan fingerprint density at radius 1 is 1.38 bits per heavy atom. The van der Waals surface area contributed by atoms with Crippen LogP contribution in [0, 0.1) is 5.41 Å². The van der Waals surface area contributed by atoms with Gasteiger partial charge in [-0.3, -0.25) is 0 Å². The molecule has 0 unspecified atom stereocenters. The molecule has 0 aromatic rings. The molecule has 0 N–H and O–H groups in total. The standard InChI is InChI=1S/C11H17NO/c1-11(2,3)9-5-6-10(13-4)12-8-7-9/h5,7-8H,6H2,1-4H3. The minimum atomic E-state index is 0.190. The highest BCUT2D eigenvalue weighted by Crippen LogP contribution is 2.27. The van der Waals surface area contributed by atoms with E-state index in [1.807, 2.05) is 12.3 Å². The molecule has 1 aliphatic rings. The zero-order chi connectivity index (χ0) is 9.90. The van der Waals surface area contributed by atoms with Gasteiger partial charge in [0.1, 0.15) is 0 Å². The van der Waals surface area contributed by atoms with Gasteiger partial charge in [0, 0.05) is 12.6 Å². The van der Waals surface area contributed by atoms with E-state index in [4.69, 9.17) is 4.74 Å². The Balaban J connectivity index is 2.81. The summed E-state index contributed by atoms with van der Waals surface area (Å²) in [5.74, 6) is 0.774. The Hall–Kier alpha value is -1.05. The molecule has 2 nitrogen and oxygen atoms in total. The van der Waals surface area contributed by atoms with Crippen LogP contribution in [0.5, 0.6) is 0 Å². The van der Waals surface area contributed by atoms with Gasteiger partial charge in [0.15, 0.2) is 5.90 Å². The Morgan fingerprint density at radius 2 is 2.08 bits per heavy atom. The number of rotatable bonds is 0. The van der Waals surface area contributed by atoms with Crippen LogP contribution in [0.25, 0.3) is 0 Å². The maximum absolute atomic E-state index is 5.09. The molecule has 0 radical (unpaired) electrons. The second-order valence-electron chi connectivity index (χ2n) is 4.16. The third-order valence-electron chi connectivity index (χ3n) is 2.07. The van der Waals surface area contributed by atoms with Crippen molar-refractivity contribution in [1.29, 1.82) is 0 Å². The molecule has 0 bridgehead atoms. The molecule has 0 saturated carbocycles. The van der Waals surface area contributed by atoms with Gasteiger partial charge in [-0.2, -0.15) is 0 Å². The first-order valence-electron chi connectivity index (χ1n) is 4.52. The number of aliphatic imine (C=N–C) groups is 1. The van der Waals surface area contributed by atoms with E-state index in [2.05, 4.69) is 31.8 Å². The summed E-state index contributed by atoms with van der Waals surface area (Å²) < 4.78 is 5.09. The van der Waals surface area contributed by atoms with Crippen molar-refractivity contribution < 1.29 is 4.74 Å². The van der Waals surface area contributed by atoms with Crippen molar-refractivity contribution in [3.63, 3.8) is 0 Å². The van der Waals surface area contributed by atoms with Gasteiger partial charge < -0.3 is 4.74 Å². The lowest BCUT2D eigenvalue weighted by atomic mass is 9.86. The maximum Gasteiger partial charge on any atom is 0.191 e. The van der Waals surface area contributed by atoms with Crippen LogP contribution in [0.1, 0.15) is 27.2 Å². The maximum atomic E-state index is 5.09. The second kappa shape index (κ2) is 3.77. The van der Waals surface area contributed by atoms with Gasteiger partial charge in [-0.15, -0.1) is 0 Å². The largest absolute Gasteiger partial charge is 0.484 e. The van der Waals surface area contributed by atoms with Gasteiger partial charge in [-0.1, -0.05) is 26.8 Å². The van der Waals surface area contributed by atoms with E-state index in [0.717, 1.165) is 12.3 Å². The van der Waals surface area contributed by atoms with Gasteiger partial charge in [0.05, 0.1) is 7.11 Å². The second-order valence-corrected chi connectivity index (χ2v) is 4.16. The Kier molecular flexibility index (Phi) is 2.91. The predicted molar refractivity (Wildman–Crippen MR) is 55.7 cm³/mol. The smallest absolute Gasteiger partial charge is 0.191 e. The van der Waals surface area contributed by atoms with Gasteiger partial charge >= 0.3 is 0 Å². The first-order valence-corrected chi connectivity index (χ1v) is 4.52. The third kappa shape index (κ3) is 2.72. The number of hydrogen-bond donors (Lipinski definition) is 0. The molecule has 2 heteroatoms. The summed E-state index contributed by atoms with van der Waals surface area (Å²) >= 11 is 0. The lowest BCUT2D eigenvalue weighted by Gasteiger charge is -2.19. The molecule has 1 heterocycles. The van der Waals surface area contributed by atoms with Crippen molar-refractivity contribution in [1.82, 2.24) is 0 Å². The molecule has 0 aromatic heterocycles. The lowest BCUT2D eigenvalue weighted by Crippen LogP contribution is -2.07. The number of ether oxygens (including phenoxy) is 1. The van der Waals surface area contributed by atoms with Crippen LogP contribution in [0.15, 0.2) is 28.9 Å². The summed E-state index contributed by atoms with van der Waals surface area (Å²) in [5.41, 5.74) is 1.50. The summed E-state index contributed by atoms with van der Waals surface area (Å²) in [6.45, 7) is 6.59. The fourth-order valence-corrected chi connectivity index (χ4v) is 1.21. The van der Waals surface area contributed by atoms with E-state index >= 15 is 0 Å². The van der Waals surface area contributed by atoms with Crippen LogP contribution in [0.4, 0.5) is 0 Å². The highest BCUT2D eigenvalue weighted by molar-refractivity contribution is 5.78. The molecule has 1 aliphatic heterocycles. The molecule has 72 valence electrons. The van der Waals surface area contributed by atoms with Gasteiger partial charge in [-0.25, -0.2) is 4.99 Å². The summed E-state index contributed by atoms with van der Waals surface area (Å²) in [5, 5.41) is 0. The minimum Gasteiger partial charge on any atom is -0.484 e. The van der Waals surface area contributed by atoms with E-state index in [9.17, 15) is 0 Å². The SMILES string of the molecule is COC1=NC=CC(C(C)(C)C)=CC1. The van der Waals surface area contributed by atoms with E-state index in [-0.39, 0.29) is 5.41 Å². The van der Waals surface area contributed by atoms with Gasteiger partial charge in [0.25, 0.3) is 0 Å². The molecule has 0 aliphatic carbocycles. The summed E-state index contributed by atoms with van der Waals surface area (Å²) in [4.78, 5) is 4.17. The number of allylic oxidation sites excluding steroid dienone is 2. The molecular weight excluding hydrogens is 162 g/mol. The van der Waals surface area contributed by atoms with Crippen molar-refractivity contribution in [3.05, 3.63) is 23.9 Å². The third-order valence-corrected chi connectivity index (χ3v) is 2.07. The zero-order valence-corrected chi connectivity index (χ0v) is 8.79. The number of methoxy groups -OCH3 is 1. The molecule has 13 heavy (non-hydrogen) atoms. The molecule has 0 amide bonds. The van der Waals surface area contributed by atoms with Crippen LogP contribution >= 0.6 is 0 Å². The fourth-order valence-electron chi connectivity index (χ4n) is 1.21. The van der Waals surface area contributed by atoms with Crippen LogP contribution in [-0.2, 0) is 4.74 Å². The van der Waals surface area contributed by atoms with E-state index < -0.39 is 0 Å². The monoisotopic (exact) mass is 179 g/mol. The van der Waals surface area contributed by atoms with Crippen molar-refractivity contribution in [3.8, 4) is 0 Å². The molecule has 0 saturated heterocycles. The molecular formula is C11H17NO. The Bertz CT molecular complexity index is 266. The normalized spacial score (nSPS) is 17.5. The number of hydrogen-bond acceptors (Lipinski definition) is 2. The summed E-state index contributed by atoms with van der Waals surface area (Å²) in [7, 11) is 1.66. The highest BCUT2D eigenvalue weighted by atomic mass is 16.5. The van der Waals surface area contributed by atoms with E-state index in [0.29, 0.717) is 0 Å². The van der Waals surface area contributed by atoms with Crippen molar-refractivity contribution in [2.75, 3.05) is 7.11 Å². The predicted octanol–water partition coefficient (Wildman–Crippen LogP) is 2.92. The molecule has 1 rings (SSSR count). The fraction of sp³-hybridized carbons (Fsp3) is 0.545. The minimum absolute atomic E-state index is 0.190. The van der Waals surface area contributed by atoms with Crippen molar-refractivity contribution in [2.24, 2.45) is 10.4 Å². The zero-order valence-electron chi connectivity index (χ0n) is 8.79. The van der Waals surface area contributed by atoms with Crippen molar-refractivity contribution >= 4 is 5.90 Å². The van der Waals surface area contributed by atoms with Crippen LogP contribution in [0.3, 0.4) is 0 Å². The average Bonchev–Trinajstić information content (AvgIpc) is 2.26. The van der Waals surface area contributed by atoms with E-state index in [1.165, 1.54) is 5.57 Å². The highest BCUT2D eigenvalue weighted by Gasteiger charge is 2.15. The molecule has 0 aromatic carbocycles. The molecule has 0 atom stereocenters. The first-order chi connectivity index (χ1) is 6.04. The van der Waals surface area contributed by atoms with Crippen LogP contribution in [0.2, 0.25) is 0 Å². The lowest BCUT2D eigenvalue weighted by molar-refractivity contribution is 0.395. The molecule has 0 fully saturated rings. The Morgan fingerprint density at radius 3 is 2.62 bits per heavy atom.